The van der Waals surface area contributed by atoms with Gasteiger partial charge in [-0.1, -0.05) is 0 Å². The second kappa shape index (κ2) is 4.83. The van der Waals surface area contributed by atoms with E-state index < -0.39 is 4.92 Å². The van der Waals surface area contributed by atoms with E-state index in [0.717, 1.165) is 25.7 Å². The maximum atomic E-state index is 10.9. The monoisotopic (exact) mass is 232 g/mol. The molecule has 1 aromatic rings. The number of hydrogen-bond acceptors (Lipinski definition) is 4. The van der Waals surface area contributed by atoms with Crippen LogP contribution in [0.2, 0.25) is 0 Å². The molecule has 0 unspecified atom stereocenters. The number of hydrogen-bond donors (Lipinski definition) is 0. The summed E-state index contributed by atoms with van der Waals surface area (Å²) in [6.45, 7) is 0. The molecule has 88 valence electrons. The number of benzene rings is 1. The zero-order valence-corrected chi connectivity index (χ0v) is 9.26. The first-order chi connectivity index (χ1) is 8.20. The van der Waals surface area contributed by atoms with Crippen molar-refractivity contribution in [3.63, 3.8) is 0 Å². The van der Waals surface area contributed by atoms with E-state index in [1.807, 2.05) is 6.07 Å². The van der Waals surface area contributed by atoms with Crippen molar-refractivity contribution in [2.75, 3.05) is 0 Å². The van der Waals surface area contributed by atoms with Gasteiger partial charge in [-0.15, -0.1) is 0 Å². The van der Waals surface area contributed by atoms with E-state index in [-0.39, 0.29) is 23.1 Å². The van der Waals surface area contributed by atoms with Gasteiger partial charge in [-0.25, -0.2) is 0 Å². The molecule has 0 radical (unpaired) electrons. The molecule has 0 aromatic heterocycles. The Bertz CT molecular complexity index is 473. The molecule has 1 aromatic carbocycles. The summed E-state index contributed by atoms with van der Waals surface area (Å²) >= 11 is 0. The lowest BCUT2D eigenvalue weighted by molar-refractivity contribution is -0.386. The van der Waals surface area contributed by atoms with Gasteiger partial charge in [-0.05, 0) is 37.8 Å². The summed E-state index contributed by atoms with van der Waals surface area (Å²) in [5, 5.41) is 19.6. The van der Waals surface area contributed by atoms with E-state index in [2.05, 4.69) is 0 Å². The van der Waals surface area contributed by atoms with Crippen LogP contribution in [0.1, 0.15) is 31.2 Å². The number of ether oxygens (including phenoxy) is 1. The zero-order valence-electron chi connectivity index (χ0n) is 9.26. The van der Waals surface area contributed by atoms with Gasteiger partial charge in [0.25, 0.3) is 0 Å². The topological polar surface area (TPSA) is 76.2 Å². The maximum Gasteiger partial charge on any atom is 0.312 e. The molecule has 1 aliphatic carbocycles. The summed E-state index contributed by atoms with van der Waals surface area (Å²) in [5.74, 6) is 0.265. The van der Waals surface area contributed by atoms with Crippen molar-refractivity contribution < 1.29 is 9.66 Å². The van der Waals surface area contributed by atoms with Crippen molar-refractivity contribution in [1.29, 1.82) is 5.26 Å². The molecular weight excluding hydrogens is 220 g/mol. The molecule has 17 heavy (non-hydrogen) atoms. The number of nitrogens with zero attached hydrogens (tertiary/aromatic N) is 2. The van der Waals surface area contributed by atoms with Crippen LogP contribution in [0.4, 0.5) is 5.69 Å². The van der Waals surface area contributed by atoms with Crippen LogP contribution in [-0.4, -0.2) is 11.0 Å². The molecule has 5 nitrogen and oxygen atoms in total. The summed E-state index contributed by atoms with van der Waals surface area (Å²) in [6.07, 6.45) is 4.17. The van der Waals surface area contributed by atoms with Crippen molar-refractivity contribution >= 4 is 5.69 Å². The van der Waals surface area contributed by atoms with Crippen LogP contribution in [0.5, 0.6) is 5.75 Å². The Labute approximate surface area is 98.8 Å². The minimum atomic E-state index is -0.509. The van der Waals surface area contributed by atoms with Crippen LogP contribution in [0, 0.1) is 21.4 Å². The summed E-state index contributed by atoms with van der Waals surface area (Å²) in [7, 11) is 0. The molecule has 5 heteroatoms. The van der Waals surface area contributed by atoms with Crippen LogP contribution in [-0.2, 0) is 0 Å². The van der Waals surface area contributed by atoms with E-state index >= 15 is 0 Å². The van der Waals surface area contributed by atoms with Gasteiger partial charge in [0.15, 0.2) is 5.75 Å². The third-order valence-corrected chi connectivity index (χ3v) is 2.88. The largest absolute Gasteiger partial charge is 0.484 e. The fourth-order valence-corrected chi connectivity index (χ4v) is 2.02. The number of nitro benzene ring substituents is 1. The van der Waals surface area contributed by atoms with Crippen molar-refractivity contribution in [3.8, 4) is 11.8 Å². The molecule has 1 aliphatic rings. The highest BCUT2D eigenvalue weighted by Crippen LogP contribution is 2.31. The first-order valence-corrected chi connectivity index (χ1v) is 5.56. The van der Waals surface area contributed by atoms with Gasteiger partial charge in [0, 0.05) is 6.07 Å². The smallest absolute Gasteiger partial charge is 0.312 e. The third kappa shape index (κ3) is 2.53. The molecule has 0 aliphatic heterocycles. The van der Waals surface area contributed by atoms with Gasteiger partial charge in [0.05, 0.1) is 22.7 Å². The molecule has 0 bridgehead atoms. The number of nitro groups is 1. The Morgan fingerprint density at radius 1 is 1.41 bits per heavy atom. The molecule has 0 saturated heterocycles. The van der Waals surface area contributed by atoms with Gasteiger partial charge >= 0.3 is 5.69 Å². The van der Waals surface area contributed by atoms with Gasteiger partial charge in [-0.2, -0.15) is 5.26 Å². The Balaban J connectivity index is 2.26. The molecule has 1 saturated carbocycles. The van der Waals surface area contributed by atoms with E-state index in [1.165, 1.54) is 18.2 Å². The SMILES string of the molecule is N#Cc1ccc(OC2CCCC2)c([N+](=O)[O-])c1. The Kier molecular flexibility index (Phi) is 3.24. The lowest BCUT2D eigenvalue weighted by Gasteiger charge is -2.12. The first kappa shape index (κ1) is 11.4. The summed E-state index contributed by atoms with van der Waals surface area (Å²) in [5.41, 5.74) is 0.145. The Morgan fingerprint density at radius 3 is 2.71 bits per heavy atom. The molecule has 1 fully saturated rings. The Hall–Kier alpha value is -2.09. The first-order valence-electron chi connectivity index (χ1n) is 5.56. The number of nitriles is 1. The number of rotatable bonds is 3. The Morgan fingerprint density at radius 2 is 2.12 bits per heavy atom. The summed E-state index contributed by atoms with van der Waals surface area (Å²) in [4.78, 5) is 10.4. The average molecular weight is 232 g/mol. The van der Waals surface area contributed by atoms with Crippen LogP contribution in [0.3, 0.4) is 0 Å². The fourth-order valence-electron chi connectivity index (χ4n) is 2.02. The molecule has 2 rings (SSSR count). The molecular formula is C12H12N2O3. The summed E-state index contributed by atoms with van der Waals surface area (Å²) in [6, 6.07) is 6.19. The molecule has 0 spiro atoms. The van der Waals surface area contributed by atoms with Crippen LogP contribution in [0.15, 0.2) is 18.2 Å². The van der Waals surface area contributed by atoms with Gasteiger partial charge in [0.1, 0.15) is 0 Å². The average Bonchev–Trinajstić information content (AvgIpc) is 2.82. The minimum Gasteiger partial charge on any atom is -0.484 e. The second-order valence-electron chi connectivity index (χ2n) is 4.08. The van der Waals surface area contributed by atoms with Crippen molar-refractivity contribution in [3.05, 3.63) is 33.9 Å². The van der Waals surface area contributed by atoms with Crippen LogP contribution >= 0.6 is 0 Å². The van der Waals surface area contributed by atoms with E-state index in [9.17, 15) is 10.1 Å². The highest BCUT2D eigenvalue weighted by Gasteiger charge is 2.22. The van der Waals surface area contributed by atoms with Crippen molar-refractivity contribution in [1.82, 2.24) is 0 Å². The molecule has 0 atom stereocenters. The van der Waals surface area contributed by atoms with Gasteiger partial charge in [-0.3, -0.25) is 10.1 Å². The van der Waals surface area contributed by atoms with Gasteiger partial charge < -0.3 is 4.74 Å². The summed E-state index contributed by atoms with van der Waals surface area (Å²) < 4.78 is 5.62. The second-order valence-corrected chi connectivity index (χ2v) is 4.08. The maximum absolute atomic E-state index is 10.9. The highest BCUT2D eigenvalue weighted by molar-refractivity contribution is 5.51. The molecule has 0 amide bonds. The lowest BCUT2D eigenvalue weighted by Crippen LogP contribution is -2.12. The van der Waals surface area contributed by atoms with E-state index in [4.69, 9.17) is 10.00 Å². The fraction of sp³-hybridized carbons (Fsp3) is 0.417. The predicted octanol–water partition coefficient (Wildman–Crippen LogP) is 2.79. The van der Waals surface area contributed by atoms with E-state index in [1.54, 1.807) is 0 Å². The van der Waals surface area contributed by atoms with E-state index in [0.29, 0.717) is 0 Å². The van der Waals surface area contributed by atoms with Gasteiger partial charge in [0.2, 0.25) is 0 Å². The lowest BCUT2D eigenvalue weighted by atomic mass is 10.2. The third-order valence-electron chi connectivity index (χ3n) is 2.88. The normalized spacial score (nSPS) is 15.5. The predicted molar refractivity (Wildman–Crippen MR) is 60.7 cm³/mol. The highest BCUT2D eigenvalue weighted by atomic mass is 16.6. The molecule has 0 N–H and O–H groups in total. The van der Waals surface area contributed by atoms with Crippen molar-refractivity contribution in [2.24, 2.45) is 0 Å². The quantitative estimate of drug-likeness (QED) is 0.593. The molecule has 0 heterocycles. The van der Waals surface area contributed by atoms with Crippen molar-refractivity contribution in [2.45, 2.75) is 31.8 Å². The van der Waals surface area contributed by atoms with Crippen LogP contribution < -0.4 is 4.74 Å². The minimum absolute atomic E-state index is 0.0710. The zero-order chi connectivity index (χ0) is 12.3. The standard InChI is InChI=1S/C12H12N2O3/c13-8-9-5-6-12(11(7-9)14(15)16)17-10-3-1-2-4-10/h5-7,10H,1-4H2. The van der Waals surface area contributed by atoms with Crippen LogP contribution in [0.25, 0.3) is 0 Å².